The molecule has 0 radical (unpaired) electrons. The SMILES string of the molecule is Cc1nc(Nc2ncc(F)c(-c3cc(F)c4nc5n(c4c3)C(C)(C)CC5)n2)ccc1CC1CCNCC1. The van der Waals surface area contributed by atoms with Gasteiger partial charge in [-0.25, -0.2) is 28.7 Å². The Kier molecular flexibility index (Phi) is 5.90. The van der Waals surface area contributed by atoms with Gasteiger partial charge in [0, 0.05) is 23.2 Å². The van der Waals surface area contributed by atoms with E-state index in [4.69, 9.17) is 4.98 Å². The molecule has 1 aromatic carbocycles. The van der Waals surface area contributed by atoms with E-state index >= 15 is 4.39 Å². The van der Waals surface area contributed by atoms with Gasteiger partial charge in [-0.2, -0.15) is 0 Å². The summed E-state index contributed by atoms with van der Waals surface area (Å²) < 4.78 is 32.1. The van der Waals surface area contributed by atoms with Gasteiger partial charge in [0.25, 0.3) is 0 Å². The second-order valence-corrected chi connectivity index (χ2v) is 10.9. The third-order valence-electron chi connectivity index (χ3n) is 7.77. The van der Waals surface area contributed by atoms with Crippen LogP contribution >= 0.6 is 0 Å². The maximum atomic E-state index is 15.1. The molecule has 7 nitrogen and oxygen atoms in total. The molecule has 0 spiro atoms. The normalized spacial score (nSPS) is 17.3. The summed E-state index contributed by atoms with van der Waals surface area (Å²) in [4.78, 5) is 17.7. The van der Waals surface area contributed by atoms with E-state index in [1.165, 1.54) is 24.5 Å². The number of fused-ring (bicyclic) bond motifs is 3. The van der Waals surface area contributed by atoms with Gasteiger partial charge in [0.1, 0.15) is 22.9 Å². The number of imidazole rings is 1. The highest BCUT2D eigenvalue weighted by atomic mass is 19.1. The fourth-order valence-corrected chi connectivity index (χ4v) is 5.71. The Morgan fingerprint density at radius 3 is 2.68 bits per heavy atom. The van der Waals surface area contributed by atoms with E-state index in [-0.39, 0.29) is 17.2 Å². The number of hydrogen-bond acceptors (Lipinski definition) is 6. The zero-order valence-electron chi connectivity index (χ0n) is 21.4. The number of halogens is 2. The molecular weight excluding hydrogens is 472 g/mol. The summed E-state index contributed by atoms with van der Waals surface area (Å²) in [5.74, 6) is 1.20. The highest BCUT2D eigenvalue weighted by molar-refractivity contribution is 5.83. The maximum Gasteiger partial charge on any atom is 0.229 e. The number of aromatic nitrogens is 5. The minimum absolute atomic E-state index is 0.0314. The zero-order chi connectivity index (χ0) is 25.7. The first-order valence-electron chi connectivity index (χ1n) is 13.0. The lowest BCUT2D eigenvalue weighted by Crippen LogP contribution is -2.28. The molecule has 5 heterocycles. The van der Waals surface area contributed by atoms with Crippen molar-refractivity contribution < 1.29 is 8.78 Å². The molecule has 37 heavy (non-hydrogen) atoms. The first-order chi connectivity index (χ1) is 17.8. The number of nitrogens with zero attached hydrogens (tertiary/aromatic N) is 5. The van der Waals surface area contributed by atoms with Crippen LogP contribution in [0.4, 0.5) is 20.5 Å². The summed E-state index contributed by atoms with van der Waals surface area (Å²) in [5.41, 5.74) is 3.35. The van der Waals surface area contributed by atoms with Gasteiger partial charge in [0.05, 0.1) is 11.7 Å². The van der Waals surface area contributed by atoms with Crippen LogP contribution < -0.4 is 10.6 Å². The minimum atomic E-state index is -0.619. The van der Waals surface area contributed by atoms with Gasteiger partial charge in [0.15, 0.2) is 11.6 Å². The number of nitrogens with one attached hydrogen (secondary N) is 2. The second-order valence-electron chi connectivity index (χ2n) is 10.9. The molecule has 0 atom stereocenters. The average Bonchev–Trinajstić information content (AvgIpc) is 3.40. The number of pyridine rings is 1. The maximum absolute atomic E-state index is 15.1. The Hall–Kier alpha value is -3.46. The summed E-state index contributed by atoms with van der Waals surface area (Å²) >= 11 is 0. The van der Waals surface area contributed by atoms with Crippen molar-refractivity contribution in [2.45, 2.75) is 58.4 Å². The number of rotatable bonds is 5. The summed E-state index contributed by atoms with van der Waals surface area (Å²) in [6.07, 6.45) is 6.19. The molecule has 4 aromatic rings. The van der Waals surface area contributed by atoms with Gasteiger partial charge in [-0.1, -0.05) is 6.07 Å². The number of piperidine rings is 1. The van der Waals surface area contributed by atoms with Crippen molar-refractivity contribution >= 4 is 22.8 Å². The van der Waals surface area contributed by atoms with Gasteiger partial charge in [-0.15, -0.1) is 0 Å². The van der Waals surface area contributed by atoms with E-state index in [1.807, 2.05) is 13.0 Å². The number of anilines is 2. The van der Waals surface area contributed by atoms with Gasteiger partial charge in [0.2, 0.25) is 5.95 Å². The van der Waals surface area contributed by atoms with Crippen molar-refractivity contribution in [2.24, 2.45) is 5.92 Å². The summed E-state index contributed by atoms with van der Waals surface area (Å²) in [7, 11) is 0. The molecule has 2 aliphatic rings. The lowest BCUT2D eigenvalue weighted by molar-refractivity contribution is 0.372. The van der Waals surface area contributed by atoms with E-state index in [1.54, 1.807) is 6.07 Å². The van der Waals surface area contributed by atoms with Crippen molar-refractivity contribution in [3.05, 3.63) is 59.2 Å². The fraction of sp³-hybridized carbons (Fsp3) is 0.429. The molecule has 0 aliphatic carbocycles. The average molecular weight is 504 g/mol. The summed E-state index contributed by atoms with van der Waals surface area (Å²) in [6, 6.07) is 7.06. The van der Waals surface area contributed by atoms with Crippen molar-refractivity contribution in [2.75, 3.05) is 18.4 Å². The largest absolute Gasteiger partial charge is 0.322 e. The van der Waals surface area contributed by atoms with E-state index < -0.39 is 11.6 Å². The zero-order valence-corrected chi connectivity index (χ0v) is 21.4. The summed E-state index contributed by atoms with van der Waals surface area (Å²) in [5, 5.41) is 6.50. The number of benzene rings is 1. The molecule has 9 heteroatoms. The van der Waals surface area contributed by atoms with Crippen molar-refractivity contribution in [3.8, 4) is 11.3 Å². The van der Waals surface area contributed by atoms with Crippen molar-refractivity contribution in [1.29, 1.82) is 0 Å². The van der Waals surface area contributed by atoms with Crippen LogP contribution in [0.2, 0.25) is 0 Å². The molecule has 0 amide bonds. The van der Waals surface area contributed by atoms with Crippen LogP contribution in [-0.4, -0.2) is 37.6 Å². The van der Waals surface area contributed by atoms with Crippen LogP contribution in [-0.2, 0) is 18.4 Å². The quantitative estimate of drug-likeness (QED) is 0.377. The number of hydrogen-bond donors (Lipinski definition) is 2. The van der Waals surface area contributed by atoms with Crippen LogP contribution in [0, 0.1) is 24.5 Å². The highest BCUT2D eigenvalue weighted by Gasteiger charge is 2.33. The lowest BCUT2D eigenvalue weighted by atomic mass is 9.90. The molecule has 192 valence electrons. The Bertz CT molecular complexity index is 1490. The van der Waals surface area contributed by atoms with Crippen LogP contribution in [0.5, 0.6) is 0 Å². The van der Waals surface area contributed by atoms with E-state index in [0.29, 0.717) is 28.3 Å². The minimum Gasteiger partial charge on any atom is -0.322 e. The standard InChI is InChI=1S/C28H31F2N7/c1-16-18(12-17-7-10-31-11-8-17)4-5-23(33-16)34-27-32-15-21(30)25(36-27)19-13-20(29)26-22(14-19)37-24(35-26)6-9-28(37,2)3/h4-5,13-15,17,31H,6-12H2,1-3H3,(H,32,33,34,36). The molecule has 1 fully saturated rings. The number of aryl methyl sites for hydroxylation is 2. The molecule has 2 N–H and O–H groups in total. The Balaban J connectivity index is 1.29. The van der Waals surface area contributed by atoms with Gasteiger partial charge in [-0.3, -0.25) is 0 Å². The van der Waals surface area contributed by atoms with E-state index in [2.05, 4.69) is 50.1 Å². The van der Waals surface area contributed by atoms with Crippen molar-refractivity contribution in [3.63, 3.8) is 0 Å². The molecule has 6 rings (SSSR count). The van der Waals surface area contributed by atoms with Crippen molar-refractivity contribution in [1.82, 2.24) is 29.8 Å². The fourth-order valence-electron chi connectivity index (χ4n) is 5.71. The van der Waals surface area contributed by atoms with Crippen LogP contribution in [0.3, 0.4) is 0 Å². The molecule has 0 bridgehead atoms. The Morgan fingerprint density at radius 2 is 1.89 bits per heavy atom. The molecule has 3 aromatic heterocycles. The first kappa shape index (κ1) is 23.9. The van der Waals surface area contributed by atoms with Crippen LogP contribution in [0.1, 0.15) is 50.2 Å². The topological polar surface area (TPSA) is 80.6 Å². The van der Waals surface area contributed by atoms with Crippen LogP contribution in [0.25, 0.3) is 22.3 Å². The molecule has 1 saturated heterocycles. The monoisotopic (exact) mass is 503 g/mol. The third-order valence-corrected chi connectivity index (χ3v) is 7.77. The highest BCUT2D eigenvalue weighted by Crippen LogP contribution is 2.38. The molecular formula is C28H31F2N7. The Labute approximate surface area is 214 Å². The van der Waals surface area contributed by atoms with Crippen LogP contribution in [0.15, 0.2) is 30.5 Å². The van der Waals surface area contributed by atoms with E-state index in [9.17, 15) is 4.39 Å². The predicted molar refractivity (Wildman–Crippen MR) is 140 cm³/mol. The second kappa shape index (κ2) is 9.13. The smallest absolute Gasteiger partial charge is 0.229 e. The van der Waals surface area contributed by atoms with Gasteiger partial charge < -0.3 is 15.2 Å². The lowest BCUT2D eigenvalue weighted by Gasteiger charge is -2.23. The molecule has 0 unspecified atom stereocenters. The molecule has 2 aliphatic heterocycles. The first-order valence-corrected chi connectivity index (χ1v) is 13.0. The summed E-state index contributed by atoms with van der Waals surface area (Å²) in [6.45, 7) is 8.35. The van der Waals surface area contributed by atoms with Gasteiger partial charge in [-0.05, 0) is 89.2 Å². The Morgan fingerprint density at radius 1 is 1.08 bits per heavy atom. The molecule has 0 saturated carbocycles. The van der Waals surface area contributed by atoms with Gasteiger partial charge >= 0.3 is 0 Å². The third kappa shape index (κ3) is 4.45. The predicted octanol–water partition coefficient (Wildman–Crippen LogP) is 5.44. The van der Waals surface area contributed by atoms with E-state index in [0.717, 1.165) is 50.1 Å².